The molecule has 2 aliphatic rings. The van der Waals surface area contributed by atoms with Gasteiger partial charge < -0.3 is 14.2 Å². The Hall–Kier alpha value is -2.07. The average molecular weight is 354 g/mol. The molecule has 25 heavy (non-hydrogen) atoms. The van der Waals surface area contributed by atoms with E-state index >= 15 is 0 Å². The Morgan fingerprint density at radius 1 is 0.920 bits per heavy atom. The monoisotopic (exact) mass is 354 g/mol. The molecule has 0 saturated heterocycles. The van der Waals surface area contributed by atoms with Crippen LogP contribution in [-0.4, -0.2) is 26.1 Å². The Morgan fingerprint density at radius 3 is 2.32 bits per heavy atom. The first-order chi connectivity index (χ1) is 12.0. The maximum Gasteiger partial charge on any atom is 0.161 e. The number of allylic oxidation sites excluding steroid dienone is 1. The summed E-state index contributed by atoms with van der Waals surface area (Å²) in [5, 5.41) is 0. The third-order valence-corrected chi connectivity index (χ3v) is 6.41. The molecule has 0 bridgehead atoms. The number of hydrogen-bond donors (Lipinski definition) is 0. The first-order valence-corrected chi connectivity index (χ1v) is 9.15. The molecule has 1 aliphatic carbocycles. The minimum atomic E-state index is 0.0377. The summed E-state index contributed by atoms with van der Waals surface area (Å²) < 4.78 is 16.5. The van der Waals surface area contributed by atoms with Gasteiger partial charge in [0.25, 0.3) is 0 Å². The Bertz CT molecular complexity index is 883. The number of fused-ring (bicyclic) bond motifs is 5. The van der Waals surface area contributed by atoms with Crippen LogP contribution in [0.2, 0.25) is 0 Å². The summed E-state index contributed by atoms with van der Waals surface area (Å²) in [5.41, 5.74) is 5.19. The first-order valence-electron chi connectivity index (χ1n) is 8.33. The lowest BCUT2D eigenvalue weighted by atomic mass is 9.81. The summed E-state index contributed by atoms with van der Waals surface area (Å²) >= 11 is 1.91. The summed E-state index contributed by atoms with van der Waals surface area (Å²) in [5.74, 6) is 2.79. The second-order valence-electron chi connectivity index (χ2n) is 6.94. The van der Waals surface area contributed by atoms with E-state index in [4.69, 9.17) is 14.2 Å². The van der Waals surface area contributed by atoms with Gasteiger partial charge in [0.15, 0.2) is 11.5 Å². The number of ether oxygens (including phenoxy) is 3. The number of hydrogen-bond acceptors (Lipinski definition) is 4. The van der Waals surface area contributed by atoms with Gasteiger partial charge in [-0.15, -0.1) is 11.8 Å². The number of benzene rings is 2. The van der Waals surface area contributed by atoms with Crippen LogP contribution in [0.1, 0.15) is 36.5 Å². The number of rotatable bonds is 3. The van der Waals surface area contributed by atoms with Gasteiger partial charge in [-0.1, -0.05) is 6.08 Å². The Morgan fingerprint density at radius 2 is 1.64 bits per heavy atom. The molecule has 4 rings (SSSR count). The van der Waals surface area contributed by atoms with Crippen molar-refractivity contribution in [3.63, 3.8) is 0 Å². The Balaban J connectivity index is 1.91. The zero-order valence-electron chi connectivity index (χ0n) is 15.2. The van der Waals surface area contributed by atoms with E-state index < -0.39 is 0 Å². The lowest BCUT2D eigenvalue weighted by Gasteiger charge is -2.39. The van der Waals surface area contributed by atoms with Crippen molar-refractivity contribution >= 4 is 23.4 Å². The molecule has 0 fully saturated rings. The molecule has 2 aromatic carbocycles. The zero-order valence-corrected chi connectivity index (χ0v) is 16.0. The van der Waals surface area contributed by atoms with Crippen LogP contribution in [0.25, 0.3) is 11.6 Å². The molecule has 1 atom stereocenters. The van der Waals surface area contributed by atoms with Gasteiger partial charge in [-0.3, -0.25) is 0 Å². The molecule has 1 heterocycles. The van der Waals surface area contributed by atoms with Crippen molar-refractivity contribution in [2.24, 2.45) is 0 Å². The number of methoxy groups -OCH3 is 3. The molecule has 130 valence electrons. The van der Waals surface area contributed by atoms with Crippen LogP contribution in [0, 0.1) is 0 Å². The van der Waals surface area contributed by atoms with E-state index in [9.17, 15) is 0 Å². The fourth-order valence-electron chi connectivity index (χ4n) is 3.98. The average Bonchev–Trinajstić information content (AvgIpc) is 2.98. The highest BCUT2D eigenvalue weighted by atomic mass is 32.2. The van der Waals surface area contributed by atoms with Crippen LogP contribution < -0.4 is 14.2 Å². The second-order valence-corrected chi connectivity index (χ2v) is 8.63. The molecular formula is C21H22O3S. The molecule has 0 aromatic heterocycles. The standard InChI is InChI=1S/C21H22O3S/c1-21(2)20-15-11-18(24-5)17(23-4)9-12(15)8-16(20)14-7-6-13(22-3)10-19(14)25-21/h6-11,20H,1-5H3. The van der Waals surface area contributed by atoms with Gasteiger partial charge in [-0.25, -0.2) is 0 Å². The third kappa shape index (κ3) is 2.43. The highest BCUT2D eigenvalue weighted by Gasteiger charge is 2.44. The van der Waals surface area contributed by atoms with Crippen molar-refractivity contribution in [2.75, 3.05) is 21.3 Å². The Kier molecular flexibility index (Phi) is 3.76. The largest absolute Gasteiger partial charge is 0.497 e. The van der Waals surface area contributed by atoms with E-state index in [1.54, 1.807) is 21.3 Å². The first kappa shape index (κ1) is 16.4. The summed E-state index contributed by atoms with van der Waals surface area (Å²) in [6, 6.07) is 10.6. The molecule has 0 N–H and O–H groups in total. The molecular weight excluding hydrogens is 332 g/mol. The zero-order chi connectivity index (χ0) is 17.8. The molecule has 1 aliphatic heterocycles. The summed E-state index contributed by atoms with van der Waals surface area (Å²) in [6.45, 7) is 4.62. The van der Waals surface area contributed by atoms with Crippen LogP contribution >= 0.6 is 11.8 Å². The summed E-state index contributed by atoms with van der Waals surface area (Å²) in [4.78, 5) is 1.28. The predicted molar refractivity (Wildman–Crippen MR) is 103 cm³/mol. The van der Waals surface area contributed by atoms with Crippen molar-refractivity contribution in [1.29, 1.82) is 0 Å². The molecule has 0 saturated carbocycles. The van der Waals surface area contributed by atoms with Crippen molar-refractivity contribution in [3.05, 3.63) is 47.0 Å². The van der Waals surface area contributed by atoms with Crippen molar-refractivity contribution < 1.29 is 14.2 Å². The smallest absolute Gasteiger partial charge is 0.161 e. The van der Waals surface area contributed by atoms with Gasteiger partial charge in [-0.2, -0.15) is 0 Å². The normalized spacial score (nSPS) is 19.4. The fourth-order valence-corrected chi connectivity index (χ4v) is 5.39. The maximum atomic E-state index is 5.54. The molecule has 3 nitrogen and oxygen atoms in total. The summed E-state index contributed by atoms with van der Waals surface area (Å²) in [7, 11) is 5.09. The van der Waals surface area contributed by atoms with Crippen molar-refractivity contribution in [3.8, 4) is 17.2 Å². The van der Waals surface area contributed by atoms with E-state index in [2.05, 4.69) is 44.2 Å². The number of thioether (sulfide) groups is 1. The molecule has 0 amide bonds. The minimum absolute atomic E-state index is 0.0377. The topological polar surface area (TPSA) is 27.7 Å². The highest BCUT2D eigenvalue weighted by Crippen LogP contribution is 2.60. The molecule has 0 spiro atoms. The van der Waals surface area contributed by atoms with Gasteiger partial charge in [-0.05, 0) is 66.4 Å². The molecule has 2 aromatic rings. The SMILES string of the molecule is COc1ccc2c(c1)SC(C)(C)C1C2=Cc2cc(OC)c(OC)cc21. The Labute approximate surface area is 153 Å². The van der Waals surface area contributed by atoms with Crippen molar-refractivity contribution in [1.82, 2.24) is 0 Å². The third-order valence-electron chi connectivity index (χ3n) is 5.09. The van der Waals surface area contributed by atoms with Crippen LogP contribution in [0.3, 0.4) is 0 Å². The minimum Gasteiger partial charge on any atom is -0.497 e. The van der Waals surface area contributed by atoms with Crippen LogP contribution in [-0.2, 0) is 0 Å². The fraction of sp³-hybridized carbons (Fsp3) is 0.333. The maximum absolute atomic E-state index is 5.54. The van der Waals surface area contributed by atoms with Gasteiger partial charge >= 0.3 is 0 Å². The van der Waals surface area contributed by atoms with Gasteiger partial charge in [0.05, 0.1) is 21.3 Å². The van der Waals surface area contributed by atoms with Crippen molar-refractivity contribution in [2.45, 2.75) is 29.4 Å². The van der Waals surface area contributed by atoms with Gasteiger partial charge in [0.1, 0.15) is 5.75 Å². The van der Waals surface area contributed by atoms with Crippen LogP contribution in [0.4, 0.5) is 0 Å². The van der Waals surface area contributed by atoms with Crippen LogP contribution in [0.15, 0.2) is 35.2 Å². The molecule has 1 unspecified atom stereocenters. The van der Waals surface area contributed by atoms with E-state index in [1.165, 1.54) is 27.2 Å². The van der Waals surface area contributed by atoms with Crippen LogP contribution in [0.5, 0.6) is 17.2 Å². The lowest BCUT2D eigenvalue weighted by molar-refractivity contribution is 0.354. The van der Waals surface area contributed by atoms with E-state index in [0.29, 0.717) is 5.92 Å². The second kappa shape index (κ2) is 5.73. The van der Waals surface area contributed by atoms with E-state index in [-0.39, 0.29) is 4.75 Å². The van der Waals surface area contributed by atoms with Gasteiger partial charge in [0.2, 0.25) is 0 Å². The van der Waals surface area contributed by atoms with Gasteiger partial charge in [0, 0.05) is 15.6 Å². The quantitative estimate of drug-likeness (QED) is 0.754. The molecule has 4 heteroatoms. The lowest BCUT2D eigenvalue weighted by Crippen LogP contribution is -2.28. The highest BCUT2D eigenvalue weighted by molar-refractivity contribution is 8.00. The van der Waals surface area contributed by atoms with E-state index in [0.717, 1.165) is 17.2 Å². The molecule has 0 radical (unpaired) electrons. The van der Waals surface area contributed by atoms with E-state index in [1.807, 2.05) is 17.8 Å². The predicted octanol–water partition coefficient (Wildman–Crippen LogP) is 5.23. The summed E-state index contributed by atoms with van der Waals surface area (Å²) in [6.07, 6.45) is 2.30.